The average molecular weight is 737 g/mol. The zero-order chi connectivity index (χ0) is 37.3. The summed E-state index contributed by atoms with van der Waals surface area (Å²) in [5, 5.41) is 11.1. The maximum atomic E-state index is 16.1. The van der Waals surface area contributed by atoms with Crippen molar-refractivity contribution in [2.75, 3.05) is 32.8 Å². The fourth-order valence-corrected chi connectivity index (χ4v) is 6.19. The van der Waals surface area contributed by atoms with E-state index in [0.29, 0.717) is 31.2 Å². The smallest absolute Gasteiger partial charge is 0.488 e. The number of amides is 2. The number of benzene rings is 3. The number of aliphatic carboxylic acids is 1. The van der Waals surface area contributed by atoms with Crippen molar-refractivity contribution in [2.45, 2.75) is 62.9 Å². The van der Waals surface area contributed by atoms with Crippen molar-refractivity contribution in [1.29, 1.82) is 0 Å². The van der Waals surface area contributed by atoms with Crippen LogP contribution in [0.2, 0.25) is 5.02 Å². The molecule has 1 heterocycles. The normalized spacial score (nSPS) is 18.2. The van der Waals surface area contributed by atoms with Crippen molar-refractivity contribution in [3.05, 3.63) is 88.2 Å². The van der Waals surface area contributed by atoms with Crippen molar-refractivity contribution in [3.8, 4) is 16.9 Å². The second kappa shape index (κ2) is 17.8. The molecule has 10 nitrogen and oxygen atoms in total. The summed E-state index contributed by atoms with van der Waals surface area (Å²) in [6.07, 6.45) is -1.10. The van der Waals surface area contributed by atoms with Crippen LogP contribution in [0.25, 0.3) is 11.1 Å². The number of hydrogen-bond donors (Lipinski definition) is 4. The van der Waals surface area contributed by atoms with E-state index in [4.69, 9.17) is 42.4 Å². The number of alkyl halides is 3. The number of nitrogens with zero attached hydrogens (tertiary/aromatic N) is 1. The number of carbonyl (C=O) groups excluding carboxylic acids is 2. The van der Waals surface area contributed by atoms with Gasteiger partial charge in [0.05, 0.1) is 18.3 Å². The molecule has 3 aromatic carbocycles. The highest BCUT2D eigenvalue weighted by atomic mass is 35.5. The molecule has 0 bridgehead atoms. The lowest BCUT2D eigenvalue weighted by molar-refractivity contribution is -0.192. The van der Waals surface area contributed by atoms with Crippen LogP contribution in [0.15, 0.2) is 60.7 Å². The Morgan fingerprint density at radius 1 is 1.00 bits per heavy atom. The average Bonchev–Trinajstić information content (AvgIpc) is 3.06. The number of rotatable bonds is 12. The van der Waals surface area contributed by atoms with E-state index in [1.807, 2.05) is 30.3 Å². The van der Waals surface area contributed by atoms with Gasteiger partial charge in [-0.25, -0.2) is 9.18 Å². The summed E-state index contributed by atoms with van der Waals surface area (Å²) in [5.74, 6) is -4.33. The number of halogens is 5. The third kappa shape index (κ3) is 10.9. The van der Waals surface area contributed by atoms with Crippen LogP contribution in [0, 0.1) is 5.82 Å². The third-order valence-corrected chi connectivity index (χ3v) is 9.18. The number of hydrogen-bond acceptors (Lipinski definition) is 7. The molecular formula is C36H41ClF4N4O6. The minimum absolute atomic E-state index is 0.0000923. The summed E-state index contributed by atoms with van der Waals surface area (Å²) in [6, 6.07) is 19.1. The van der Waals surface area contributed by atoms with Gasteiger partial charge in [0, 0.05) is 60.7 Å². The molecule has 1 saturated heterocycles. The summed E-state index contributed by atoms with van der Waals surface area (Å²) < 4.78 is 59.3. The number of carboxylic acids is 1. The molecular weight excluding hydrogens is 696 g/mol. The van der Waals surface area contributed by atoms with Gasteiger partial charge < -0.3 is 36.3 Å². The Labute approximate surface area is 298 Å². The summed E-state index contributed by atoms with van der Waals surface area (Å²) in [4.78, 5) is 34.4. The highest BCUT2D eigenvalue weighted by Crippen LogP contribution is 2.39. The summed E-state index contributed by atoms with van der Waals surface area (Å²) in [7, 11) is 0. The van der Waals surface area contributed by atoms with Crippen molar-refractivity contribution >= 4 is 29.4 Å². The molecule has 2 fully saturated rings. The molecule has 1 aliphatic heterocycles. The van der Waals surface area contributed by atoms with Gasteiger partial charge in [-0.3, -0.25) is 9.59 Å². The van der Waals surface area contributed by atoms with E-state index in [9.17, 15) is 22.8 Å². The van der Waals surface area contributed by atoms with Crippen LogP contribution < -0.4 is 21.5 Å². The van der Waals surface area contributed by atoms with Crippen LogP contribution in [0.3, 0.4) is 0 Å². The van der Waals surface area contributed by atoms with Gasteiger partial charge in [-0.15, -0.1) is 0 Å². The van der Waals surface area contributed by atoms with Crippen molar-refractivity contribution in [3.63, 3.8) is 0 Å². The van der Waals surface area contributed by atoms with Crippen molar-refractivity contribution in [1.82, 2.24) is 10.2 Å². The van der Waals surface area contributed by atoms with Crippen LogP contribution >= 0.6 is 11.6 Å². The van der Waals surface area contributed by atoms with Gasteiger partial charge in [-0.1, -0.05) is 48.0 Å². The van der Waals surface area contributed by atoms with Crippen LogP contribution in [0.4, 0.5) is 17.6 Å². The number of carbonyl (C=O) groups is 3. The highest BCUT2D eigenvalue weighted by Gasteiger charge is 2.38. The van der Waals surface area contributed by atoms with E-state index in [1.54, 1.807) is 11.0 Å². The summed E-state index contributed by atoms with van der Waals surface area (Å²) in [5.41, 5.74) is 14.2. The first-order valence-electron chi connectivity index (χ1n) is 16.4. The molecule has 6 N–H and O–H groups in total. The summed E-state index contributed by atoms with van der Waals surface area (Å²) in [6.45, 7) is 3.56. The Kier molecular flexibility index (Phi) is 13.8. The minimum Gasteiger partial charge on any atom is -0.488 e. The van der Waals surface area contributed by atoms with Crippen molar-refractivity contribution < 1.29 is 46.5 Å². The monoisotopic (exact) mass is 736 g/mol. The predicted molar refractivity (Wildman–Crippen MR) is 183 cm³/mol. The molecule has 276 valence electrons. The van der Waals surface area contributed by atoms with Gasteiger partial charge in [0.1, 0.15) is 6.61 Å². The Morgan fingerprint density at radius 3 is 2.24 bits per heavy atom. The standard InChI is InChI=1S/C34H40ClFN4O4.C2HF3O2/c1-21(41)40-19-26(20-40)43-15-16-44-31-14-12-27(34(38)42)32(33(31)36)28-17-23(7-13-30(28)35)29(22-5-3-2-4-6-22)18-39-25-10-8-24(37)9-11-25;3-2(4,5)1(6)7/h2-7,12-14,17,24-26,29,39H,8-11,15-16,18-20,37H2,1H3,(H2,38,42);(H,6,7). The lowest BCUT2D eigenvalue weighted by Crippen LogP contribution is -2.54. The van der Waals surface area contributed by atoms with Gasteiger partial charge in [-0.2, -0.15) is 13.2 Å². The van der Waals surface area contributed by atoms with Gasteiger partial charge in [0.15, 0.2) is 11.6 Å². The molecule has 5 rings (SSSR count). The topological polar surface area (TPSA) is 157 Å². The second-order valence-corrected chi connectivity index (χ2v) is 12.9. The SMILES string of the molecule is CC(=O)N1CC(OCCOc2ccc(C(N)=O)c(-c3cc(C(CNC4CCC(N)CC4)c4ccccc4)ccc3Cl)c2F)C1.O=C(O)C(F)(F)F. The highest BCUT2D eigenvalue weighted by molar-refractivity contribution is 6.33. The van der Waals surface area contributed by atoms with E-state index in [-0.39, 0.29) is 59.1 Å². The molecule has 2 aliphatic rings. The Bertz CT molecular complexity index is 1670. The van der Waals surface area contributed by atoms with E-state index in [0.717, 1.165) is 36.8 Å². The fourth-order valence-electron chi connectivity index (χ4n) is 5.98. The first kappa shape index (κ1) is 39.5. The maximum absolute atomic E-state index is 16.1. The lowest BCUT2D eigenvalue weighted by Gasteiger charge is -2.38. The largest absolute Gasteiger partial charge is 0.490 e. The fraction of sp³-hybridized carbons (Fsp3) is 0.417. The number of nitrogens with one attached hydrogen (secondary N) is 1. The number of likely N-dealkylation sites (tertiary alicyclic amines) is 1. The molecule has 51 heavy (non-hydrogen) atoms. The quantitative estimate of drug-likeness (QED) is 0.140. The minimum atomic E-state index is -5.08. The predicted octanol–water partition coefficient (Wildman–Crippen LogP) is 5.50. The molecule has 15 heteroatoms. The number of primary amides is 1. The van der Waals surface area contributed by atoms with Crippen LogP contribution in [-0.4, -0.2) is 85.0 Å². The number of ether oxygens (including phenoxy) is 2. The van der Waals surface area contributed by atoms with Crippen molar-refractivity contribution in [2.24, 2.45) is 11.5 Å². The lowest BCUT2D eigenvalue weighted by atomic mass is 9.87. The van der Waals surface area contributed by atoms with Crippen LogP contribution in [-0.2, 0) is 14.3 Å². The Hall–Kier alpha value is -4.24. The Morgan fingerprint density at radius 2 is 1.65 bits per heavy atom. The first-order valence-corrected chi connectivity index (χ1v) is 16.8. The molecule has 1 saturated carbocycles. The molecule has 1 unspecified atom stereocenters. The zero-order valence-electron chi connectivity index (χ0n) is 27.9. The van der Waals surface area contributed by atoms with E-state index in [2.05, 4.69) is 17.4 Å². The van der Waals surface area contributed by atoms with Gasteiger partial charge in [-0.05, 0) is 61.1 Å². The van der Waals surface area contributed by atoms with E-state index in [1.165, 1.54) is 19.1 Å². The second-order valence-electron chi connectivity index (χ2n) is 12.5. The number of nitrogens with two attached hydrogens (primary N) is 2. The molecule has 0 aromatic heterocycles. The number of carboxylic acid groups (broad SMARTS) is 1. The van der Waals surface area contributed by atoms with Gasteiger partial charge >= 0.3 is 12.1 Å². The van der Waals surface area contributed by atoms with E-state index >= 15 is 4.39 Å². The third-order valence-electron chi connectivity index (χ3n) is 8.85. The van der Waals surface area contributed by atoms with Crippen LogP contribution in [0.5, 0.6) is 5.75 Å². The first-order chi connectivity index (χ1) is 24.1. The summed E-state index contributed by atoms with van der Waals surface area (Å²) >= 11 is 6.68. The molecule has 3 aromatic rings. The Balaban J connectivity index is 0.000000755. The zero-order valence-corrected chi connectivity index (χ0v) is 28.7. The molecule has 1 atom stereocenters. The van der Waals surface area contributed by atoms with E-state index < -0.39 is 23.9 Å². The maximum Gasteiger partial charge on any atom is 0.490 e. The molecule has 2 amide bonds. The van der Waals surface area contributed by atoms with Gasteiger partial charge in [0.25, 0.3) is 0 Å². The molecule has 1 aliphatic carbocycles. The molecule has 0 radical (unpaired) electrons. The molecule has 0 spiro atoms. The van der Waals surface area contributed by atoms with Gasteiger partial charge in [0.2, 0.25) is 11.8 Å². The van der Waals surface area contributed by atoms with Crippen LogP contribution in [0.1, 0.15) is 60.0 Å².